The van der Waals surface area contributed by atoms with Crippen LogP contribution in [-0.4, -0.2) is 33.6 Å². The molecule has 0 aliphatic rings. The molecule has 0 saturated heterocycles. The predicted octanol–water partition coefficient (Wildman–Crippen LogP) is 1.16. The van der Waals surface area contributed by atoms with Gasteiger partial charge in [0.2, 0.25) is 0 Å². The Kier molecular flexibility index (Phi) is 33.1. The second kappa shape index (κ2) is 18.4. The molecule has 0 saturated carbocycles. The largest absolute Gasteiger partial charge is 0.394 e. The van der Waals surface area contributed by atoms with Crippen molar-refractivity contribution in [3.63, 3.8) is 0 Å². The first-order valence-corrected chi connectivity index (χ1v) is 4.24. The standard InChI is InChI=1S/3C3H8O.Mo/c3*1-3(2)4;/h3*3-4H,1-2H3;. The van der Waals surface area contributed by atoms with Crippen molar-refractivity contribution in [2.24, 2.45) is 0 Å². The summed E-state index contributed by atoms with van der Waals surface area (Å²) in [5.74, 6) is 0. The second-order valence-electron chi connectivity index (χ2n) is 3.28. The van der Waals surface area contributed by atoms with Gasteiger partial charge in [-0.1, -0.05) is 0 Å². The van der Waals surface area contributed by atoms with Crippen LogP contribution in [0, 0.1) is 0 Å². The van der Waals surface area contributed by atoms with Crippen LogP contribution in [0.15, 0.2) is 0 Å². The Morgan fingerprint density at radius 3 is 0.538 bits per heavy atom. The van der Waals surface area contributed by atoms with Gasteiger partial charge in [-0.15, -0.1) is 0 Å². The third-order valence-electron chi connectivity index (χ3n) is 0. The number of hydrogen-bond acceptors (Lipinski definition) is 3. The average Bonchev–Trinajstić information content (AvgIpc) is 1.54. The molecule has 84 valence electrons. The zero-order chi connectivity index (χ0) is 10.7. The molecule has 0 aliphatic heterocycles. The van der Waals surface area contributed by atoms with E-state index in [0.717, 1.165) is 0 Å². The minimum atomic E-state index is -0.167. The van der Waals surface area contributed by atoms with Crippen LogP contribution in [0.4, 0.5) is 0 Å². The van der Waals surface area contributed by atoms with Gasteiger partial charge >= 0.3 is 0 Å². The second-order valence-corrected chi connectivity index (χ2v) is 3.28. The number of aliphatic hydroxyl groups is 3. The molecule has 13 heavy (non-hydrogen) atoms. The zero-order valence-corrected chi connectivity index (χ0v) is 11.5. The summed E-state index contributed by atoms with van der Waals surface area (Å²) in [6, 6.07) is 0. The van der Waals surface area contributed by atoms with Gasteiger partial charge < -0.3 is 15.3 Å². The molecule has 0 aromatic rings. The van der Waals surface area contributed by atoms with E-state index >= 15 is 0 Å². The van der Waals surface area contributed by atoms with Gasteiger partial charge in [-0.25, -0.2) is 0 Å². The van der Waals surface area contributed by atoms with Crippen LogP contribution >= 0.6 is 0 Å². The Labute approximate surface area is 96.4 Å². The first-order valence-electron chi connectivity index (χ1n) is 4.24. The molecular formula is C9H24MoO3. The maximum absolute atomic E-state index is 8.06. The maximum atomic E-state index is 8.06. The van der Waals surface area contributed by atoms with Gasteiger partial charge in [-0.3, -0.25) is 0 Å². The minimum Gasteiger partial charge on any atom is -0.394 e. The van der Waals surface area contributed by atoms with Crippen molar-refractivity contribution < 1.29 is 36.4 Å². The van der Waals surface area contributed by atoms with Crippen LogP contribution < -0.4 is 0 Å². The molecule has 0 bridgehead atoms. The quantitative estimate of drug-likeness (QED) is 0.582. The van der Waals surface area contributed by atoms with Gasteiger partial charge in [-0.05, 0) is 41.5 Å². The van der Waals surface area contributed by atoms with Crippen molar-refractivity contribution in [3.8, 4) is 0 Å². The molecule has 0 amide bonds. The van der Waals surface area contributed by atoms with E-state index in [1.54, 1.807) is 41.5 Å². The third-order valence-corrected chi connectivity index (χ3v) is 0. The number of hydrogen-bond donors (Lipinski definition) is 3. The molecule has 0 rings (SSSR count). The van der Waals surface area contributed by atoms with Crippen LogP contribution in [-0.2, 0) is 21.1 Å². The van der Waals surface area contributed by atoms with Gasteiger partial charge in [-0.2, -0.15) is 0 Å². The normalized spacial score (nSPS) is 8.31. The monoisotopic (exact) mass is 278 g/mol. The minimum absolute atomic E-state index is 0. The van der Waals surface area contributed by atoms with Crippen LogP contribution in [0.3, 0.4) is 0 Å². The van der Waals surface area contributed by atoms with Gasteiger partial charge in [0.1, 0.15) is 0 Å². The van der Waals surface area contributed by atoms with Crippen LogP contribution in [0.1, 0.15) is 41.5 Å². The van der Waals surface area contributed by atoms with E-state index in [-0.39, 0.29) is 39.4 Å². The molecule has 0 radical (unpaired) electrons. The molecule has 0 unspecified atom stereocenters. The van der Waals surface area contributed by atoms with E-state index < -0.39 is 0 Å². The van der Waals surface area contributed by atoms with Crippen molar-refractivity contribution in [3.05, 3.63) is 0 Å². The SMILES string of the molecule is CC(C)O.CC(C)O.CC(C)O.[Mo]. The summed E-state index contributed by atoms with van der Waals surface area (Å²) in [5.41, 5.74) is 0. The Bertz CT molecular complexity index is 43.4. The summed E-state index contributed by atoms with van der Waals surface area (Å²) in [6.45, 7) is 10.3. The van der Waals surface area contributed by atoms with Gasteiger partial charge in [0, 0.05) is 39.4 Å². The van der Waals surface area contributed by atoms with E-state index in [4.69, 9.17) is 15.3 Å². The summed E-state index contributed by atoms with van der Waals surface area (Å²) in [6.07, 6.45) is -0.500. The van der Waals surface area contributed by atoms with Crippen LogP contribution in [0.2, 0.25) is 0 Å². The van der Waals surface area contributed by atoms with Crippen LogP contribution in [0.5, 0.6) is 0 Å². The van der Waals surface area contributed by atoms with Crippen molar-refractivity contribution in [2.75, 3.05) is 0 Å². The third kappa shape index (κ3) is 4350. The van der Waals surface area contributed by atoms with E-state index in [1.165, 1.54) is 0 Å². The maximum Gasteiger partial charge on any atom is 0.0483 e. The molecule has 0 spiro atoms. The Morgan fingerprint density at radius 1 is 0.538 bits per heavy atom. The van der Waals surface area contributed by atoms with Crippen molar-refractivity contribution in [1.29, 1.82) is 0 Å². The van der Waals surface area contributed by atoms with E-state index in [1.807, 2.05) is 0 Å². The Balaban J connectivity index is -0.0000000450. The molecule has 0 aromatic carbocycles. The van der Waals surface area contributed by atoms with Crippen LogP contribution in [0.25, 0.3) is 0 Å². The molecule has 3 nitrogen and oxygen atoms in total. The Morgan fingerprint density at radius 2 is 0.538 bits per heavy atom. The molecule has 0 atom stereocenters. The van der Waals surface area contributed by atoms with Crippen molar-refractivity contribution >= 4 is 0 Å². The fourth-order valence-electron chi connectivity index (χ4n) is 0. The Hall–Kier alpha value is 0.568. The first-order chi connectivity index (χ1) is 5.20. The first kappa shape index (κ1) is 23.4. The fourth-order valence-corrected chi connectivity index (χ4v) is 0. The van der Waals surface area contributed by atoms with Gasteiger partial charge in [0.05, 0.1) is 0 Å². The molecule has 3 N–H and O–H groups in total. The van der Waals surface area contributed by atoms with E-state index in [9.17, 15) is 0 Å². The van der Waals surface area contributed by atoms with E-state index in [0.29, 0.717) is 0 Å². The van der Waals surface area contributed by atoms with Gasteiger partial charge in [0.15, 0.2) is 0 Å². The van der Waals surface area contributed by atoms with Crippen molar-refractivity contribution in [2.45, 2.75) is 59.9 Å². The van der Waals surface area contributed by atoms with Gasteiger partial charge in [0.25, 0.3) is 0 Å². The van der Waals surface area contributed by atoms with Crippen molar-refractivity contribution in [1.82, 2.24) is 0 Å². The molecule has 4 heteroatoms. The average molecular weight is 276 g/mol. The molecule has 0 heterocycles. The summed E-state index contributed by atoms with van der Waals surface area (Å²) in [7, 11) is 0. The smallest absolute Gasteiger partial charge is 0.0483 e. The molecule has 0 fully saturated rings. The molecule has 0 aliphatic carbocycles. The molecule has 0 aromatic heterocycles. The number of aliphatic hydroxyl groups excluding tert-OH is 3. The topological polar surface area (TPSA) is 60.7 Å². The summed E-state index contributed by atoms with van der Waals surface area (Å²) >= 11 is 0. The summed E-state index contributed by atoms with van der Waals surface area (Å²) < 4.78 is 0. The zero-order valence-electron chi connectivity index (χ0n) is 9.48. The fraction of sp³-hybridized carbons (Fsp3) is 1.00. The molecular weight excluding hydrogens is 252 g/mol. The summed E-state index contributed by atoms with van der Waals surface area (Å²) in [5, 5.41) is 24.2. The van der Waals surface area contributed by atoms with E-state index in [2.05, 4.69) is 0 Å². The summed E-state index contributed by atoms with van der Waals surface area (Å²) in [4.78, 5) is 0. The predicted molar refractivity (Wildman–Crippen MR) is 52.1 cm³/mol. The number of rotatable bonds is 0.